The molecule has 3 aromatic rings. The maximum Gasteiger partial charge on any atom is 0.325 e. The van der Waals surface area contributed by atoms with Gasteiger partial charge in [0.2, 0.25) is 5.91 Å². The highest BCUT2D eigenvalue weighted by Crippen LogP contribution is 2.46. The van der Waals surface area contributed by atoms with Crippen molar-refractivity contribution in [2.45, 2.75) is 12.5 Å². The van der Waals surface area contributed by atoms with E-state index < -0.39 is 11.9 Å². The molecule has 2 aliphatic rings. The number of rotatable bonds is 7. The van der Waals surface area contributed by atoms with Gasteiger partial charge in [0.15, 0.2) is 5.65 Å². The predicted octanol–water partition coefficient (Wildman–Crippen LogP) is 2.27. The van der Waals surface area contributed by atoms with Crippen LogP contribution < -0.4 is 16.4 Å². The minimum Gasteiger partial charge on any atom is -0.468 e. The van der Waals surface area contributed by atoms with Gasteiger partial charge in [-0.15, -0.1) is 0 Å². The standard InChI is InChI=1S/C24H23ClN6O4/c1-35-16(32)10-28-24(34)12-4-2-11(3-5-12)22-30-20-19(15(25)9-27-23(20)31-22)29-18-14-7-6-13(8-14)17(18)21(26)33/h2-7,9,13-14,17-18H,8,10H2,1H3,(H2,26,33)(H,28,34)(H2,27,29,30,31)/t13-,14+,17+,18-/m1/s1. The molecule has 2 amide bonds. The quantitative estimate of drug-likeness (QED) is 0.290. The predicted molar refractivity (Wildman–Crippen MR) is 130 cm³/mol. The van der Waals surface area contributed by atoms with Crippen molar-refractivity contribution in [2.75, 3.05) is 19.0 Å². The van der Waals surface area contributed by atoms with Crippen molar-refractivity contribution in [3.05, 3.63) is 53.2 Å². The van der Waals surface area contributed by atoms with Gasteiger partial charge in [-0.3, -0.25) is 14.4 Å². The fourth-order valence-corrected chi connectivity index (χ4v) is 5.08. The molecular weight excluding hydrogens is 472 g/mol. The molecule has 0 radical (unpaired) electrons. The molecule has 10 nitrogen and oxygen atoms in total. The molecule has 0 spiro atoms. The van der Waals surface area contributed by atoms with Gasteiger partial charge in [0.25, 0.3) is 5.91 Å². The Morgan fingerprint density at radius 2 is 1.94 bits per heavy atom. The van der Waals surface area contributed by atoms with Gasteiger partial charge in [-0.1, -0.05) is 35.9 Å². The van der Waals surface area contributed by atoms with Gasteiger partial charge in [-0.2, -0.15) is 0 Å². The van der Waals surface area contributed by atoms with Gasteiger partial charge in [0.05, 0.1) is 29.9 Å². The number of imidazole rings is 1. The molecule has 35 heavy (non-hydrogen) atoms. The molecule has 4 atom stereocenters. The number of methoxy groups -OCH3 is 1. The number of fused-ring (bicyclic) bond motifs is 3. The number of benzene rings is 1. The summed E-state index contributed by atoms with van der Waals surface area (Å²) in [5.41, 5.74) is 8.48. The fourth-order valence-electron chi connectivity index (χ4n) is 4.88. The van der Waals surface area contributed by atoms with E-state index in [9.17, 15) is 14.4 Å². The summed E-state index contributed by atoms with van der Waals surface area (Å²) in [5, 5.41) is 6.32. The highest BCUT2D eigenvalue weighted by atomic mass is 35.5. The molecule has 1 aromatic carbocycles. The smallest absolute Gasteiger partial charge is 0.325 e. The normalized spacial score (nSPS) is 22.3. The highest BCUT2D eigenvalue weighted by Gasteiger charge is 2.47. The number of hydrogen-bond donors (Lipinski definition) is 4. The number of nitrogens with two attached hydrogens (primary N) is 1. The first-order chi connectivity index (χ1) is 16.9. The number of carbonyl (C=O) groups is 3. The van der Waals surface area contributed by atoms with E-state index in [4.69, 9.17) is 22.3 Å². The van der Waals surface area contributed by atoms with Crippen LogP contribution in [-0.2, 0) is 14.3 Å². The van der Waals surface area contributed by atoms with Crippen LogP contribution in [0.4, 0.5) is 5.69 Å². The van der Waals surface area contributed by atoms with E-state index in [2.05, 4.69) is 37.5 Å². The SMILES string of the molecule is COC(=O)CNC(=O)c1ccc(-c2nc3c(N[C@H]4[C@@H](C(N)=O)[C@@H]5C=C[C@H]4C5)c(Cl)cnc3[nH]2)cc1. The van der Waals surface area contributed by atoms with Crippen molar-refractivity contribution < 1.29 is 19.1 Å². The number of aromatic amines is 1. The second kappa shape index (κ2) is 9.03. The van der Waals surface area contributed by atoms with Crippen LogP contribution >= 0.6 is 11.6 Å². The van der Waals surface area contributed by atoms with Gasteiger partial charge >= 0.3 is 5.97 Å². The van der Waals surface area contributed by atoms with Crippen molar-refractivity contribution >= 4 is 46.2 Å². The summed E-state index contributed by atoms with van der Waals surface area (Å²) >= 11 is 6.49. The number of nitrogens with one attached hydrogen (secondary N) is 3. The van der Waals surface area contributed by atoms with E-state index >= 15 is 0 Å². The zero-order valence-corrected chi connectivity index (χ0v) is 19.5. The van der Waals surface area contributed by atoms with Crippen LogP contribution in [0.3, 0.4) is 0 Å². The summed E-state index contributed by atoms with van der Waals surface area (Å²) in [5.74, 6) is -0.720. The Labute approximate surface area is 205 Å². The number of carbonyl (C=O) groups excluding carboxylic acids is 3. The van der Waals surface area contributed by atoms with Crippen LogP contribution in [0.2, 0.25) is 5.02 Å². The number of ether oxygens (including phenoxy) is 1. The summed E-state index contributed by atoms with van der Waals surface area (Å²) in [6.45, 7) is -0.210. The number of esters is 1. The monoisotopic (exact) mass is 494 g/mol. The number of aromatic nitrogens is 3. The summed E-state index contributed by atoms with van der Waals surface area (Å²) in [6.07, 6.45) is 6.59. The van der Waals surface area contributed by atoms with Gasteiger partial charge in [-0.25, -0.2) is 9.97 Å². The van der Waals surface area contributed by atoms with E-state index in [0.717, 1.165) is 12.0 Å². The molecule has 0 unspecified atom stereocenters. The molecule has 2 aliphatic carbocycles. The average molecular weight is 495 g/mol. The number of amides is 2. The van der Waals surface area contributed by atoms with Crippen molar-refractivity contribution in [1.29, 1.82) is 0 Å². The Kier molecular flexibility index (Phi) is 5.89. The summed E-state index contributed by atoms with van der Waals surface area (Å²) in [6, 6.07) is 6.57. The molecule has 1 saturated carbocycles. The molecule has 180 valence electrons. The summed E-state index contributed by atoms with van der Waals surface area (Å²) in [4.78, 5) is 47.8. The second-order valence-corrected chi connectivity index (χ2v) is 9.05. The topological polar surface area (TPSA) is 152 Å². The van der Waals surface area contributed by atoms with Crippen LogP contribution in [0.25, 0.3) is 22.6 Å². The number of pyridine rings is 1. The third kappa shape index (κ3) is 4.21. The molecule has 2 aromatic heterocycles. The Morgan fingerprint density at radius 3 is 2.66 bits per heavy atom. The van der Waals surface area contributed by atoms with E-state index in [1.807, 2.05) is 0 Å². The minimum absolute atomic E-state index is 0.129. The van der Waals surface area contributed by atoms with Crippen LogP contribution in [0.5, 0.6) is 0 Å². The van der Waals surface area contributed by atoms with E-state index in [1.54, 1.807) is 24.3 Å². The van der Waals surface area contributed by atoms with Crippen molar-refractivity contribution in [3.8, 4) is 11.4 Å². The molecule has 5 rings (SSSR count). The van der Waals surface area contributed by atoms with Crippen LogP contribution in [-0.4, -0.2) is 52.4 Å². The summed E-state index contributed by atoms with van der Waals surface area (Å²) in [7, 11) is 1.25. The molecule has 2 heterocycles. The minimum atomic E-state index is -0.531. The molecule has 11 heteroatoms. The number of anilines is 1. The van der Waals surface area contributed by atoms with Crippen molar-refractivity contribution in [2.24, 2.45) is 23.5 Å². The third-order valence-corrected chi connectivity index (χ3v) is 6.89. The molecule has 0 aliphatic heterocycles. The van der Waals surface area contributed by atoms with Crippen LogP contribution in [0, 0.1) is 17.8 Å². The lowest BCUT2D eigenvalue weighted by atomic mass is 9.88. The zero-order valence-electron chi connectivity index (χ0n) is 18.7. The fraction of sp³-hybridized carbons (Fsp3) is 0.292. The molecule has 0 saturated heterocycles. The Balaban J connectivity index is 1.40. The number of H-pyrrole nitrogens is 1. The molecule has 1 fully saturated rings. The Morgan fingerprint density at radius 1 is 1.20 bits per heavy atom. The first-order valence-corrected chi connectivity index (χ1v) is 11.5. The maximum absolute atomic E-state index is 12.2. The maximum atomic E-state index is 12.2. The number of halogens is 1. The second-order valence-electron chi connectivity index (χ2n) is 8.65. The molecule has 2 bridgehead atoms. The molecular formula is C24H23ClN6O4. The van der Waals surface area contributed by atoms with E-state index in [1.165, 1.54) is 13.3 Å². The lowest BCUT2D eigenvalue weighted by molar-refractivity contribution is -0.139. The lowest BCUT2D eigenvalue weighted by Crippen LogP contribution is -2.41. The average Bonchev–Trinajstić information content (AvgIpc) is 3.59. The van der Waals surface area contributed by atoms with Crippen LogP contribution in [0.15, 0.2) is 42.6 Å². The highest BCUT2D eigenvalue weighted by molar-refractivity contribution is 6.34. The van der Waals surface area contributed by atoms with Gasteiger partial charge in [0.1, 0.15) is 17.9 Å². The number of nitrogens with zero attached hydrogens (tertiary/aromatic N) is 2. The summed E-state index contributed by atoms with van der Waals surface area (Å²) < 4.78 is 4.52. The van der Waals surface area contributed by atoms with Gasteiger partial charge < -0.3 is 26.1 Å². The number of hydrogen-bond acceptors (Lipinski definition) is 7. The van der Waals surface area contributed by atoms with Gasteiger partial charge in [-0.05, 0) is 30.4 Å². The van der Waals surface area contributed by atoms with Gasteiger partial charge in [0, 0.05) is 17.2 Å². The first kappa shape index (κ1) is 22.9. The first-order valence-electron chi connectivity index (χ1n) is 11.1. The Bertz CT molecular complexity index is 1350. The van der Waals surface area contributed by atoms with E-state index in [0.29, 0.717) is 33.3 Å². The third-order valence-electron chi connectivity index (χ3n) is 6.61. The largest absolute Gasteiger partial charge is 0.468 e. The molecule has 5 N–H and O–H groups in total. The van der Waals surface area contributed by atoms with Crippen LogP contribution in [0.1, 0.15) is 16.8 Å². The van der Waals surface area contributed by atoms with Crippen molar-refractivity contribution in [1.82, 2.24) is 20.3 Å². The lowest BCUT2D eigenvalue weighted by Gasteiger charge is -2.27. The van der Waals surface area contributed by atoms with E-state index in [-0.39, 0.29) is 36.2 Å². The number of allylic oxidation sites excluding steroid dienone is 1. The number of primary amides is 1. The Hall–Kier alpha value is -3.92. The zero-order chi connectivity index (χ0) is 24.7. The van der Waals surface area contributed by atoms with Crippen molar-refractivity contribution in [3.63, 3.8) is 0 Å².